The molecule has 3 rings (SSSR count). The average Bonchev–Trinajstić information content (AvgIpc) is 2.92. The van der Waals surface area contributed by atoms with Crippen LogP contribution in [0.3, 0.4) is 0 Å². The molecule has 0 saturated heterocycles. The van der Waals surface area contributed by atoms with Crippen LogP contribution in [-0.2, 0) is 26.2 Å². The lowest BCUT2D eigenvalue weighted by molar-refractivity contribution is -0.139. The second kappa shape index (κ2) is 14.2. The molecule has 11 heteroatoms. The van der Waals surface area contributed by atoms with Gasteiger partial charge in [0.05, 0.1) is 20.6 Å². The molecule has 0 aliphatic rings. The fourth-order valence-corrected chi connectivity index (χ4v) is 5.97. The zero-order valence-electron chi connectivity index (χ0n) is 22.5. The molecule has 0 bridgehead atoms. The third kappa shape index (κ3) is 7.91. The quantitative estimate of drug-likeness (QED) is 0.234. The van der Waals surface area contributed by atoms with E-state index in [1.54, 1.807) is 56.3 Å². The maximum atomic E-state index is 14.0. The molecule has 40 heavy (non-hydrogen) atoms. The number of hydrogen-bond acceptors (Lipinski definition) is 4. The van der Waals surface area contributed by atoms with Crippen molar-refractivity contribution >= 4 is 62.3 Å². The number of amides is 2. The van der Waals surface area contributed by atoms with Crippen molar-refractivity contribution in [1.82, 2.24) is 10.2 Å². The van der Waals surface area contributed by atoms with E-state index in [0.29, 0.717) is 38.4 Å². The van der Waals surface area contributed by atoms with Crippen LogP contribution in [0.2, 0.25) is 15.1 Å². The van der Waals surface area contributed by atoms with E-state index in [9.17, 15) is 18.0 Å². The van der Waals surface area contributed by atoms with Crippen LogP contribution < -0.4 is 9.62 Å². The van der Waals surface area contributed by atoms with E-state index in [-0.39, 0.29) is 17.3 Å². The van der Waals surface area contributed by atoms with Crippen LogP contribution in [0.25, 0.3) is 0 Å². The molecular weight excluding hydrogens is 593 g/mol. The van der Waals surface area contributed by atoms with Gasteiger partial charge in [-0.3, -0.25) is 13.9 Å². The van der Waals surface area contributed by atoms with Gasteiger partial charge in [0.25, 0.3) is 10.0 Å². The van der Waals surface area contributed by atoms with E-state index < -0.39 is 28.5 Å². The molecule has 214 valence electrons. The molecule has 1 N–H and O–H groups in total. The van der Waals surface area contributed by atoms with Crippen LogP contribution in [0.1, 0.15) is 37.8 Å². The smallest absolute Gasteiger partial charge is 0.264 e. The average molecular weight is 625 g/mol. The molecule has 2 amide bonds. The highest BCUT2D eigenvalue weighted by Gasteiger charge is 2.33. The molecule has 7 nitrogen and oxygen atoms in total. The van der Waals surface area contributed by atoms with Crippen molar-refractivity contribution in [1.29, 1.82) is 0 Å². The molecule has 3 aromatic carbocycles. The highest BCUT2D eigenvalue weighted by Crippen LogP contribution is 2.28. The number of rotatable bonds is 12. The summed E-state index contributed by atoms with van der Waals surface area (Å²) in [6.45, 7) is 5.33. The fraction of sp³-hybridized carbons (Fsp3) is 0.310. The number of nitrogens with one attached hydrogen (secondary N) is 1. The first kappa shape index (κ1) is 31.7. The lowest BCUT2D eigenvalue weighted by atomic mass is 10.1. The number of para-hydroxylation sites is 1. The van der Waals surface area contributed by atoms with E-state index in [2.05, 4.69) is 5.32 Å². The molecule has 1 atom stereocenters. The topological polar surface area (TPSA) is 86.8 Å². The number of sulfonamides is 1. The van der Waals surface area contributed by atoms with Gasteiger partial charge in [-0.05, 0) is 73.9 Å². The number of aryl methyl sites for hydroxylation is 1. The van der Waals surface area contributed by atoms with Crippen molar-refractivity contribution in [2.75, 3.05) is 17.4 Å². The number of anilines is 1. The summed E-state index contributed by atoms with van der Waals surface area (Å²) in [7, 11) is -4.18. The largest absolute Gasteiger partial charge is 0.354 e. The SMILES string of the molecule is CCCCNC(=O)[C@H](C)N(Cc1ccc(Cl)c(Cl)c1)C(=O)CN(c1ccccc1C)S(=O)(=O)c1ccc(Cl)cc1. The van der Waals surface area contributed by atoms with Crippen LogP contribution >= 0.6 is 34.8 Å². The first-order chi connectivity index (χ1) is 18.9. The molecule has 0 aliphatic heterocycles. The Balaban J connectivity index is 2.02. The number of nitrogens with zero attached hydrogens (tertiary/aromatic N) is 2. The number of unbranched alkanes of at least 4 members (excludes halogenated alkanes) is 1. The molecule has 0 saturated carbocycles. The van der Waals surface area contributed by atoms with Gasteiger partial charge in [-0.15, -0.1) is 0 Å². The minimum absolute atomic E-state index is 0.0146. The van der Waals surface area contributed by atoms with Gasteiger partial charge in [0.15, 0.2) is 0 Å². The second-order valence-corrected chi connectivity index (χ2v) is 12.5. The Bertz CT molecular complexity index is 1450. The third-order valence-electron chi connectivity index (χ3n) is 6.40. The molecule has 0 aromatic heterocycles. The second-order valence-electron chi connectivity index (χ2n) is 9.34. The normalized spacial score (nSPS) is 12.1. The zero-order valence-corrected chi connectivity index (χ0v) is 25.6. The molecule has 3 aromatic rings. The molecular formula is C29H32Cl3N3O4S. The summed E-state index contributed by atoms with van der Waals surface area (Å²) < 4.78 is 28.8. The number of benzene rings is 3. The Hall–Kier alpha value is -2.78. The maximum Gasteiger partial charge on any atom is 0.264 e. The van der Waals surface area contributed by atoms with E-state index in [1.807, 2.05) is 6.92 Å². The maximum absolute atomic E-state index is 14.0. The van der Waals surface area contributed by atoms with Gasteiger partial charge in [0, 0.05) is 18.1 Å². The highest BCUT2D eigenvalue weighted by molar-refractivity contribution is 7.92. The Morgan fingerprint density at radius 2 is 1.62 bits per heavy atom. The van der Waals surface area contributed by atoms with Crippen LogP contribution in [0, 0.1) is 6.92 Å². The third-order valence-corrected chi connectivity index (χ3v) is 9.16. The summed E-state index contributed by atoms with van der Waals surface area (Å²) in [5, 5.41) is 3.90. The number of halogens is 3. The fourth-order valence-electron chi connectivity index (χ4n) is 4.04. The molecule has 0 fully saturated rings. The summed E-state index contributed by atoms with van der Waals surface area (Å²) >= 11 is 18.3. The number of hydrogen-bond donors (Lipinski definition) is 1. The van der Waals surface area contributed by atoms with Crippen LogP contribution in [0.15, 0.2) is 71.6 Å². The van der Waals surface area contributed by atoms with Crippen LogP contribution in [-0.4, -0.2) is 44.3 Å². The highest BCUT2D eigenvalue weighted by atomic mass is 35.5. The van der Waals surface area contributed by atoms with Crippen molar-refractivity contribution in [2.45, 2.75) is 51.1 Å². The lowest BCUT2D eigenvalue weighted by Gasteiger charge is -2.32. The minimum atomic E-state index is -4.18. The van der Waals surface area contributed by atoms with Gasteiger partial charge in [0.1, 0.15) is 12.6 Å². The van der Waals surface area contributed by atoms with E-state index in [1.165, 1.54) is 29.2 Å². The Kier molecular flexibility index (Phi) is 11.3. The lowest BCUT2D eigenvalue weighted by Crippen LogP contribution is -2.51. The van der Waals surface area contributed by atoms with Gasteiger partial charge in [-0.25, -0.2) is 8.42 Å². The van der Waals surface area contributed by atoms with Gasteiger partial charge >= 0.3 is 0 Å². The molecule has 0 unspecified atom stereocenters. The summed E-state index contributed by atoms with van der Waals surface area (Å²) in [5.41, 5.74) is 1.65. The van der Waals surface area contributed by atoms with Crippen LogP contribution in [0.5, 0.6) is 0 Å². The molecule has 0 aliphatic carbocycles. The molecule has 0 radical (unpaired) electrons. The Morgan fingerprint density at radius 3 is 2.25 bits per heavy atom. The van der Waals surface area contributed by atoms with Crippen molar-refractivity contribution in [3.63, 3.8) is 0 Å². The van der Waals surface area contributed by atoms with Gasteiger partial charge in [-0.1, -0.05) is 72.4 Å². The Labute approximate surface area is 251 Å². The monoisotopic (exact) mass is 623 g/mol. The minimum Gasteiger partial charge on any atom is -0.354 e. The summed E-state index contributed by atoms with van der Waals surface area (Å²) in [6, 6.07) is 16.7. The first-order valence-corrected chi connectivity index (χ1v) is 15.4. The van der Waals surface area contributed by atoms with Crippen molar-refractivity contribution < 1.29 is 18.0 Å². The van der Waals surface area contributed by atoms with Crippen molar-refractivity contribution in [3.8, 4) is 0 Å². The zero-order chi connectivity index (χ0) is 29.4. The first-order valence-electron chi connectivity index (χ1n) is 12.8. The number of carbonyl (C=O) groups excluding carboxylic acids is 2. The van der Waals surface area contributed by atoms with Gasteiger partial charge in [-0.2, -0.15) is 0 Å². The van der Waals surface area contributed by atoms with Gasteiger partial charge < -0.3 is 10.2 Å². The molecule has 0 heterocycles. The van der Waals surface area contributed by atoms with Crippen molar-refractivity contribution in [3.05, 3.63) is 92.9 Å². The molecule has 0 spiro atoms. The van der Waals surface area contributed by atoms with E-state index in [4.69, 9.17) is 34.8 Å². The predicted octanol–water partition coefficient (Wildman–Crippen LogP) is 6.48. The van der Waals surface area contributed by atoms with Crippen LogP contribution in [0.4, 0.5) is 5.69 Å². The summed E-state index contributed by atoms with van der Waals surface area (Å²) in [4.78, 5) is 28.3. The van der Waals surface area contributed by atoms with Gasteiger partial charge in [0.2, 0.25) is 11.8 Å². The summed E-state index contributed by atoms with van der Waals surface area (Å²) in [5.74, 6) is -0.908. The number of carbonyl (C=O) groups is 2. The summed E-state index contributed by atoms with van der Waals surface area (Å²) in [6.07, 6.45) is 1.69. The van der Waals surface area contributed by atoms with Crippen molar-refractivity contribution in [2.24, 2.45) is 0 Å². The standard InChI is InChI=1S/C29H32Cl3N3O4S/c1-4-5-16-33-29(37)21(3)34(18-22-10-15-25(31)26(32)17-22)28(36)19-35(27-9-7-6-8-20(27)2)40(38,39)24-13-11-23(30)12-14-24/h6-15,17,21H,4-5,16,18-19H2,1-3H3,(H,33,37)/t21-/m0/s1. The van der Waals surface area contributed by atoms with E-state index >= 15 is 0 Å². The predicted molar refractivity (Wildman–Crippen MR) is 162 cm³/mol. The Morgan fingerprint density at radius 1 is 0.950 bits per heavy atom. The van der Waals surface area contributed by atoms with E-state index in [0.717, 1.165) is 17.1 Å².